The highest BCUT2D eigenvalue weighted by atomic mass is 19.1. The molecule has 3 heteroatoms. The molecule has 0 radical (unpaired) electrons. The zero-order chi connectivity index (χ0) is 13.9. The molecule has 0 bridgehead atoms. The van der Waals surface area contributed by atoms with Gasteiger partial charge < -0.3 is 9.30 Å². The van der Waals surface area contributed by atoms with Crippen molar-refractivity contribution in [1.82, 2.24) is 4.57 Å². The minimum Gasteiger partial charge on any atom is -0.497 e. The Kier molecular flexibility index (Phi) is 3.25. The van der Waals surface area contributed by atoms with Gasteiger partial charge in [0.1, 0.15) is 11.6 Å². The van der Waals surface area contributed by atoms with E-state index >= 15 is 0 Å². The lowest BCUT2D eigenvalue weighted by Crippen LogP contribution is -1.96. The van der Waals surface area contributed by atoms with Gasteiger partial charge in [0.15, 0.2) is 0 Å². The molecule has 0 saturated carbocycles. The number of nitrogens with zero attached hydrogens (tertiary/aromatic N) is 1. The molecule has 0 aliphatic rings. The second-order valence-corrected chi connectivity index (χ2v) is 4.45. The Hall–Kier alpha value is -2.55. The minimum absolute atomic E-state index is 0.237. The molecule has 0 aliphatic heterocycles. The third-order valence-corrected chi connectivity index (χ3v) is 3.23. The van der Waals surface area contributed by atoms with Gasteiger partial charge in [0.25, 0.3) is 0 Å². The molecule has 2 aromatic carbocycles. The van der Waals surface area contributed by atoms with E-state index in [0.717, 1.165) is 17.0 Å². The fourth-order valence-corrected chi connectivity index (χ4v) is 2.24. The maximum absolute atomic E-state index is 14.1. The lowest BCUT2D eigenvalue weighted by Gasteiger charge is -2.10. The number of benzene rings is 2. The van der Waals surface area contributed by atoms with Crippen molar-refractivity contribution in [3.8, 4) is 22.7 Å². The Morgan fingerprint density at radius 3 is 2.25 bits per heavy atom. The normalized spacial score (nSPS) is 10.5. The number of hydrogen-bond donors (Lipinski definition) is 0. The van der Waals surface area contributed by atoms with Gasteiger partial charge in [-0.2, -0.15) is 0 Å². The molecule has 100 valence electrons. The van der Waals surface area contributed by atoms with Crippen LogP contribution in [0.2, 0.25) is 0 Å². The van der Waals surface area contributed by atoms with Crippen LogP contribution in [0.3, 0.4) is 0 Å². The standard InChI is InChI=1S/C17H14FNO/c1-20-15-9-7-13(8-10-15)17-16(18)11-12-19(17)14-5-3-2-4-6-14/h2-12H,1H3. The molecular weight excluding hydrogens is 253 g/mol. The molecule has 0 spiro atoms. The number of rotatable bonds is 3. The molecule has 0 N–H and O–H groups in total. The molecule has 1 aromatic heterocycles. The topological polar surface area (TPSA) is 14.2 Å². The first kappa shape index (κ1) is 12.5. The Morgan fingerprint density at radius 1 is 0.900 bits per heavy atom. The van der Waals surface area contributed by atoms with Gasteiger partial charge in [-0.15, -0.1) is 0 Å². The van der Waals surface area contributed by atoms with Crippen molar-refractivity contribution in [1.29, 1.82) is 0 Å². The summed E-state index contributed by atoms with van der Waals surface area (Å²) in [5, 5.41) is 0. The van der Waals surface area contributed by atoms with Crippen molar-refractivity contribution < 1.29 is 9.13 Å². The van der Waals surface area contributed by atoms with Gasteiger partial charge in [0.05, 0.1) is 12.8 Å². The Morgan fingerprint density at radius 2 is 1.60 bits per heavy atom. The van der Waals surface area contributed by atoms with Crippen LogP contribution in [0.15, 0.2) is 66.9 Å². The third-order valence-electron chi connectivity index (χ3n) is 3.23. The van der Waals surface area contributed by atoms with E-state index in [0.29, 0.717) is 5.69 Å². The van der Waals surface area contributed by atoms with Crippen molar-refractivity contribution in [2.45, 2.75) is 0 Å². The molecule has 20 heavy (non-hydrogen) atoms. The van der Waals surface area contributed by atoms with Crippen LogP contribution in [0.5, 0.6) is 5.75 Å². The van der Waals surface area contributed by atoms with E-state index < -0.39 is 0 Å². The summed E-state index contributed by atoms with van der Waals surface area (Å²) in [7, 11) is 1.61. The van der Waals surface area contributed by atoms with Gasteiger partial charge in [-0.3, -0.25) is 0 Å². The summed E-state index contributed by atoms with van der Waals surface area (Å²) in [5.41, 5.74) is 2.30. The van der Waals surface area contributed by atoms with Crippen molar-refractivity contribution in [3.05, 3.63) is 72.7 Å². The minimum atomic E-state index is -0.237. The van der Waals surface area contributed by atoms with Gasteiger partial charge >= 0.3 is 0 Å². The molecule has 0 atom stereocenters. The van der Waals surface area contributed by atoms with Crippen molar-refractivity contribution in [2.24, 2.45) is 0 Å². The van der Waals surface area contributed by atoms with Crippen LogP contribution >= 0.6 is 0 Å². The van der Waals surface area contributed by atoms with Crippen molar-refractivity contribution >= 4 is 0 Å². The highest BCUT2D eigenvalue weighted by molar-refractivity contribution is 5.64. The molecular formula is C17H14FNO. The molecule has 3 rings (SSSR count). The van der Waals surface area contributed by atoms with Gasteiger partial charge in [-0.1, -0.05) is 18.2 Å². The van der Waals surface area contributed by atoms with Crippen LogP contribution in [0.4, 0.5) is 4.39 Å². The molecule has 3 aromatic rings. The summed E-state index contributed by atoms with van der Waals surface area (Å²) in [4.78, 5) is 0. The number of hydrogen-bond acceptors (Lipinski definition) is 1. The smallest absolute Gasteiger partial charge is 0.149 e. The molecule has 0 aliphatic carbocycles. The first-order chi connectivity index (χ1) is 9.79. The van der Waals surface area contributed by atoms with E-state index in [1.807, 2.05) is 59.2 Å². The van der Waals surface area contributed by atoms with Gasteiger partial charge in [-0.25, -0.2) is 4.39 Å². The zero-order valence-corrected chi connectivity index (χ0v) is 11.1. The first-order valence-corrected chi connectivity index (χ1v) is 6.36. The predicted molar refractivity (Wildman–Crippen MR) is 77.7 cm³/mol. The fraction of sp³-hybridized carbons (Fsp3) is 0.0588. The Bertz CT molecular complexity index is 702. The van der Waals surface area contributed by atoms with Crippen LogP contribution in [-0.2, 0) is 0 Å². The highest BCUT2D eigenvalue weighted by Crippen LogP contribution is 2.28. The highest BCUT2D eigenvalue weighted by Gasteiger charge is 2.12. The molecule has 0 saturated heterocycles. The van der Waals surface area contributed by atoms with Crippen LogP contribution in [-0.4, -0.2) is 11.7 Å². The predicted octanol–water partition coefficient (Wildman–Crippen LogP) is 4.29. The summed E-state index contributed by atoms with van der Waals surface area (Å²) >= 11 is 0. The Labute approximate surface area is 117 Å². The summed E-state index contributed by atoms with van der Waals surface area (Å²) in [6.07, 6.45) is 1.74. The maximum Gasteiger partial charge on any atom is 0.149 e. The van der Waals surface area contributed by atoms with E-state index in [-0.39, 0.29) is 5.82 Å². The fourth-order valence-electron chi connectivity index (χ4n) is 2.24. The number of aromatic nitrogens is 1. The van der Waals surface area contributed by atoms with E-state index in [9.17, 15) is 4.39 Å². The van der Waals surface area contributed by atoms with E-state index in [4.69, 9.17) is 4.74 Å². The Balaban J connectivity index is 2.11. The number of methoxy groups -OCH3 is 1. The monoisotopic (exact) mass is 267 g/mol. The molecule has 1 heterocycles. The van der Waals surface area contributed by atoms with Gasteiger partial charge in [0.2, 0.25) is 0 Å². The van der Waals surface area contributed by atoms with Crippen molar-refractivity contribution in [3.63, 3.8) is 0 Å². The summed E-state index contributed by atoms with van der Waals surface area (Å²) in [6, 6.07) is 18.6. The maximum atomic E-state index is 14.1. The van der Waals surface area contributed by atoms with Crippen LogP contribution in [0.25, 0.3) is 16.9 Å². The second kappa shape index (κ2) is 5.21. The number of ether oxygens (including phenoxy) is 1. The van der Waals surface area contributed by atoms with E-state index in [1.54, 1.807) is 13.3 Å². The lowest BCUT2D eigenvalue weighted by molar-refractivity contribution is 0.415. The first-order valence-electron chi connectivity index (χ1n) is 6.36. The van der Waals surface area contributed by atoms with Gasteiger partial charge in [0, 0.05) is 17.4 Å². The van der Waals surface area contributed by atoms with Crippen LogP contribution in [0.1, 0.15) is 0 Å². The molecule has 2 nitrogen and oxygen atoms in total. The van der Waals surface area contributed by atoms with Gasteiger partial charge in [-0.05, 0) is 42.5 Å². The molecule has 0 fully saturated rings. The molecule has 0 unspecified atom stereocenters. The lowest BCUT2D eigenvalue weighted by atomic mass is 10.1. The van der Waals surface area contributed by atoms with E-state index in [2.05, 4.69) is 0 Å². The number of halogens is 1. The van der Waals surface area contributed by atoms with Crippen molar-refractivity contribution in [2.75, 3.05) is 7.11 Å². The summed E-state index contributed by atoms with van der Waals surface area (Å²) < 4.78 is 21.1. The number of para-hydroxylation sites is 1. The third kappa shape index (κ3) is 2.18. The second-order valence-electron chi connectivity index (χ2n) is 4.45. The summed E-state index contributed by atoms with van der Waals surface area (Å²) in [5.74, 6) is 0.519. The largest absolute Gasteiger partial charge is 0.497 e. The molecule has 0 amide bonds. The zero-order valence-electron chi connectivity index (χ0n) is 11.1. The average Bonchev–Trinajstić information content (AvgIpc) is 2.90. The van der Waals surface area contributed by atoms with Crippen LogP contribution < -0.4 is 4.74 Å². The van der Waals surface area contributed by atoms with Crippen LogP contribution in [0, 0.1) is 5.82 Å². The van der Waals surface area contributed by atoms with E-state index in [1.165, 1.54) is 6.07 Å². The quantitative estimate of drug-likeness (QED) is 0.690. The average molecular weight is 267 g/mol. The summed E-state index contributed by atoms with van der Waals surface area (Å²) in [6.45, 7) is 0. The SMILES string of the molecule is COc1ccc(-c2c(F)ccn2-c2ccccc2)cc1.